The summed E-state index contributed by atoms with van der Waals surface area (Å²) in [5, 5.41) is 9.15. The van der Waals surface area contributed by atoms with Gasteiger partial charge in [-0.05, 0) is 43.3 Å². The fourth-order valence-corrected chi connectivity index (χ4v) is 1.66. The number of hydrazine groups is 1. The second kappa shape index (κ2) is 7.12. The minimum atomic E-state index is -0.762. The largest absolute Gasteiger partial charge is 0.508 e. The molecular formula is C16H16N2O4. The summed E-state index contributed by atoms with van der Waals surface area (Å²) < 4.78 is 5.43. The summed E-state index contributed by atoms with van der Waals surface area (Å²) in [7, 11) is 0. The lowest BCUT2D eigenvalue weighted by Gasteiger charge is -2.15. The predicted molar refractivity (Wildman–Crippen MR) is 80.2 cm³/mol. The second-order valence-electron chi connectivity index (χ2n) is 4.56. The van der Waals surface area contributed by atoms with Crippen LogP contribution in [0.4, 0.5) is 0 Å². The molecule has 1 atom stereocenters. The van der Waals surface area contributed by atoms with Crippen molar-refractivity contribution in [1.29, 1.82) is 0 Å². The van der Waals surface area contributed by atoms with Crippen molar-refractivity contribution in [3.8, 4) is 11.5 Å². The maximum Gasteiger partial charge on any atom is 0.279 e. The molecule has 0 aromatic heterocycles. The molecular weight excluding hydrogens is 284 g/mol. The summed E-state index contributed by atoms with van der Waals surface area (Å²) in [5.41, 5.74) is 4.89. The highest BCUT2D eigenvalue weighted by molar-refractivity contribution is 5.95. The van der Waals surface area contributed by atoms with Crippen molar-refractivity contribution in [2.45, 2.75) is 13.0 Å². The van der Waals surface area contributed by atoms with Gasteiger partial charge in [-0.15, -0.1) is 0 Å². The molecule has 22 heavy (non-hydrogen) atoms. The molecule has 2 aromatic rings. The van der Waals surface area contributed by atoms with Crippen LogP contribution in [0.15, 0.2) is 54.6 Å². The van der Waals surface area contributed by atoms with Crippen LogP contribution >= 0.6 is 0 Å². The van der Waals surface area contributed by atoms with Crippen LogP contribution in [0.3, 0.4) is 0 Å². The van der Waals surface area contributed by atoms with Crippen LogP contribution in [0.1, 0.15) is 17.3 Å². The van der Waals surface area contributed by atoms with Gasteiger partial charge in [-0.25, -0.2) is 0 Å². The molecule has 0 radical (unpaired) electrons. The van der Waals surface area contributed by atoms with Crippen LogP contribution in [0.2, 0.25) is 0 Å². The third-order valence-corrected chi connectivity index (χ3v) is 2.85. The lowest BCUT2D eigenvalue weighted by Crippen LogP contribution is -2.47. The van der Waals surface area contributed by atoms with Crippen LogP contribution < -0.4 is 15.6 Å². The summed E-state index contributed by atoms with van der Waals surface area (Å²) >= 11 is 0. The number of para-hydroxylation sites is 1. The zero-order valence-corrected chi connectivity index (χ0v) is 11.9. The van der Waals surface area contributed by atoms with Gasteiger partial charge in [0.1, 0.15) is 11.5 Å². The van der Waals surface area contributed by atoms with E-state index in [1.165, 1.54) is 24.3 Å². The number of aromatic hydroxyl groups is 1. The average molecular weight is 300 g/mol. The SMILES string of the molecule is C[C@@H](Oc1ccccc1)C(=O)NNC(=O)c1ccc(O)cc1. The van der Waals surface area contributed by atoms with Gasteiger partial charge < -0.3 is 9.84 Å². The minimum absolute atomic E-state index is 0.0606. The zero-order chi connectivity index (χ0) is 15.9. The summed E-state index contributed by atoms with van der Waals surface area (Å²) in [6.45, 7) is 1.58. The van der Waals surface area contributed by atoms with E-state index in [2.05, 4.69) is 10.9 Å². The van der Waals surface area contributed by atoms with Crippen LogP contribution in [0.5, 0.6) is 11.5 Å². The third kappa shape index (κ3) is 4.24. The summed E-state index contributed by atoms with van der Waals surface area (Å²) in [6.07, 6.45) is -0.762. The maximum atomic E-state index is 11.8. The van der Waals surface area contributed by atoms with E-state index >= 15 is 0 Å². The molecule has 0 heterocycles. The Labute approximate surface area is 127 Å². The Hall–Kier alpha value is -3.02. The number of phenolic OH excluding ortho intramolecular Hbond substituents is 1. The zero-order valence-electron chi connectivity index (χ0n) is 11.9. The Morgan fingerprint density at radius 2 is 1.64 bits per heavy atom. The van der Waals surface area contributed by atoms with Crippen LogP contribution in [-0.4, -0.2) is 23.0 Å². The number of hydrogen-bond donors (Lipinski definition) is 3. The van der Waals surface area contributed by atoms with Crippen molar-refractivity contribution in [1.82, 2.24) is 10.9 Å². The van der Waals surface area contributed by atoms with Gasteiger partial charge in [-0.3, -0.25) is 20.4 Å². The van der Waals surface area contributed by atoms with Gasteiger partial charge >= 0.3 is 0 Å². The molecule has 0 saturated heterocycles. The Bertz CT molecular complexity index is 641. The minimum Gasteiger partial charge on any atom is -0.508 e. The topological polar surface area (TPSA) is 87.7 Å². The molecule has 6 nitrogen and oxygen atoms in total. The van der Waals surface area contributed by atoms with Crippen molar-refractivity contribution < 1.29 is 19.4 Å². The van der Waals surface area contributed by atoms with E-state index in [-0.39, 0.29) is 5.75 Å². The molecule has 0 aliphatic heterocycles. The quantitative estimate of drug-likeness (QED) is 0.749. The van der Waals surface area contributed by atoms with E-state index in [4.69, 9.17) is 9.84 Å². The number of benzene rings is 2. The molecule has 0 saturated carbocycles. The van der Waals surface area contributed by atoms with Crippen molar-refractivity contribution in [3.63, 3.8) is 0 Å². The van der Waals surface area contributed by atoms with Crippen molar-refractivity contribution in [3.05, 3.63) is 60.2 Å². The van der Waals surface area contributed by atoms with Crippen LogP contribution in [0, 0.1) is 0 Å². The molecule has 3 N–H and O–H groups in total. The molecule has 0 unspecified atom stereocenters. The molecule has 0 bridgehead atoms. The normalized spacial score (nSPS) is 11.3. The second-order valence-corrected chi connectivity index (χ2v) is 4.56. The molecule has 0 aliphatic rings. The molecule has 2 amide bonds. The highest BCUT2D eigenvalue weighted by Gasteiger charge is 2.15. The number of hydrogen-bond acceptors (Lipinski definition) is 4. The van der Waals surface area contributed by atoms with E-state index in [0.717, 1.165) is 0 Å². The highest BCUT2D eigenvalue weighted by atomic mass is 16.5. The molecule has 0 fully saturated rings. The van der Waals surface area contributed by atoms with Crippen molar-refractivity contribution in [2.24, 2.45) is 0 Å². The average Bonchev–Trinajstić information content (AvgIpc) is 2.53. The van der Waals surface area contributed by atoms with Gasteiger partial charge in [-0.1, -0.05) is 18.2 Å². The van der Waals surface area contributed by atoms with Gasteiger partial charge in [0, 0.05) is 5.56 Å². The first-order valence-corrected chi connectivity index (χ1v) is 6.67. The fraction of sp³-hybridized carbons (Fsp3) is 0.125. The van der Waals surface area contributed by atoms with Crippen LogP contribution in [0.25, 0.3) is 0 Å². The number of rotatable bonds is 4. The van der Waals surface area contributed by atoms with E-state index in [1.54, 1.807) is 31.2 Å². The third-order valence-electron chi connectivity index (χ3n) is 2.85. The number of phenols is 1. The molecule has 0 spiro atoms. The highest BCUT2D eigenvalue weighted by Crippen LogP contribution is 2.11. The molecule has 2 aromatic carbocycles. The van der Waals surface area contributed by atoms with Gasteiger partial charge in [0.25, 0.3) is 11.8 Å². The van der Waals surface area contributed by atoms with Crippen molar-refractivity contribution in [2.75, 3.05) is 0 Å². The predicted octanol–water partition coefficient (Wildman–Crippen LogP) is 1.62. The van der Waals surface area contributed by atoms with E-state index in [1.807, 2.05) is 6.07 Å². The molecule has 6 heteroatoms. The van der Waals surface area contributed by atoms with Gasteiger partial charge in [0.15, 0.2) is 6.10 Å². The lowest BCUT2D eigenvalue weighted by atomic mass is 10.2. The van der Waals surface area contributed by atoms with Crippen LogP contribution in [-0.2, 0) is 4.79 Å². The lowest BCUT2D eigenvalue weighted by molar-refractivity contribution is -0.128. The van der Waals surface area contributed by atoms with E-state index in [0.29, 0.717) is 11.3 Å². The van der Waals surface area contributed by atoms with E-state index in [9.17, 15) is 9.59 Å². The Kier molecular flexibility index (Phi) is 4.98. The van der Waals surface area contributed by atoms with Gasteiger partial charge in [0.05, 0.1) is 0 Å². The fourth-order valence-electron chi connectivity index (χ4n) is 1.66. The summed E-state index contributed by atoms with van der Waals surface area (Å²) in [5.74, 6) is -0.336. The maximum absolute atomic E-state index is 11.8. The Balaban J connectivity index is 1.84. The molecule has 0 aliphatic carbocycles. The number of amides is 2. The number of ether oxygens (including phenoxy) is 1. The van der Waals surface area contributed by atoms with Gasteiger partial charge in [0.2, 0.25) is 0 Å². The number of carbonyl (C=O) groups excluding carboxylic acids is 2. The Morgan fingerprint density at radius 3 is 2.27 bits per heavy atom. The standard InChI is InChI=1S/C16H16N2O4/c1-11(22-14-5-3-2-4-6-14)15(20)17-18-16(21)12-7-9-13(19)10-8-12/h2-11,19H,1H3,(H,17,20)(H,18,21)/t11-/m1/s1. The first-order valence-electron chi connectivity index (χ1n) is 6.67. The summed E-state index contributed by atoms with van der Waals surface area (Å²) in [6, 6.07) is 14.6. The number of carbonyl (C=O) groups is 2. The smallest absolute Gasteiger partial charge is 0.279 e. The Morgan fingerprint density at radius 1 is 1.00 bits per heavy atom. The summed E-state index contributed by atoms with van der Waals surface area (Å²) in [4.78, 5) is 23.6. The van der Waals surface area contributed by atoms with E-state index < -0.39 is 17.9 Å². The monoisotopic (exact) mass is 300 g/mol. The first-order chi connectivity index (χ1) is 10.6. The molecule has 2 rings (SSSR count). The first kappa shape index (κ1) is 15.4. The molecule has 114 valence electrons. The number of nitrogens with one attached hydrogen (secondary N) is 2. The van der Waals surface area contributed by atoms with Crippen molar-refractivity contribution >= 4 is 11.8 Å². The van der Waals surface area contributed by atoms with Gasteiger partial charge in [-0.2, -0.15) is 0 Å².